The van der Waals surface area contributed by atoms with E-state index < -0.39 is 30.5 Å². The molecule has 3 aromatic rings. The third-order valence-corrected chi connectivity index (χ3v) is 6.38. The summed E-state index contributed by atoms with van der Waals surface area (Å²) in [5.74, 6) is -2.83. The van der Waals surface area contributed by atoms with E-state index in [0.717, 1.165) is 43.7 Å². The number of hydrogen-bond donors (Lipinski definition) is 1. The molecule has 3 heterocycles. The monoisotopic (exact) mass is 580 g/mol. The number of nitrogens with zero attached hydrogens (tertiary/aromatic N) is 3. The average Bonchev–Trinajstić information content (AvgIpc) is 3.30. The molecule has 8 nitrogen and oxygen atoms in total. The molecule has 1 unspecified atom stereocenters. The molecule has 0 bridgehead atoms. The van der Waals surface area contributed by atoms with Crippen LogP contribution in [0.25, 0.3) is 0 Å². The van der Waals surface area contributed by atoms with E-state index in [1.54, 1.807) is 24.3 Å². The highest BCUT2D eigenvalue weighted by Gasteiger charge is 2.42. The molecule has 1 aliphatic heterocycles. The van der Waals surface area contributed by atoms with Crippen molar-refractivity contribution in [3.05, 3.63) is 69.4 Å². The minimum Gasteiger partial charge on any atom is -0.386 e. The van der Waals surface area contributed by atoms with Gasteiger partial charge >= 0.3 is 18.1 Å². The van der Waals surface area contributed by atoms with Crippen LogP contribution in [-0.4, -0.2) is 39.8 Å². The van der Waals surface area contributed by atoms with Crippen LogP contribution >= 0.6 is 15.9 Å². The molecule has 12 heteroatoms. The van der Waals surface area contributed by atoms with Crippen molar-refractivity contribution in [2.45, 2.75) is 57.0 Å². The van der Waals surface area contributed by atoms with Gasteiger partial charge in [0.25, 0.3) is 0 Å². The van der Waals surface area contributed by atoms with Crippen LogP contribution in [0.15, 0.2) is 45.4 Å². The Bertz CT molecular complexity index is 1260. The van der Waals surface area contributed by atoms with E-state index in [9.17, 15) is 22.8 Å². The maximum Gasteiger partial charge on any atom is 0.491 e. The van der Waals surface area contributed by atoms with Gasteiger partial charge in [0, 0.05) is 35.5 Å². The number of carbonyl (C=O) groups excluding carboxylic acids is 2. The molecule has 1 aromatic carbocycles. The number of rotatable bonds is 9. The summed E-state index contributed by atoms with van der Waals surface area (Å²) in [5.41, 5.74) is 2.83. The van der Waals surface area contributed by atoms with Crippen LogP contribution in [0.3, 0.4) is 0 Å². The zero-order chi connectivity index (χ0) is 26.4. The molecule has 37 heavy (non-hydrogen) atoms. The van der Waals surface area contributed by atoms with E-state index in [-0.39, 0.29) is 12.3 Å². The molecule has 0 fully saturated rings. The Labute approximate surface area is 219 Å². The van der Waals surface area contributed by atoms with Gasteiger partial charge in [-0.1, -0.05) is 39.3 Å². The first-order chi connectivity index (χ1) is 17.7. The summed E-state index contributed by atoms with van der Waals surface area (Å²) in [6.45, 7) is 0.923. The summed E-state index contributed by atoms with van der Waals surface area (Å²) in [6, 6.07) is 11.1. The number of halogens is 4. The van der Waals surface area contributed by atoms with Gasteiger partial charge in [0.15, 0.2) is 5.82 Å². The average molecular weight is 581 g/mol. The van der Waals surface area contributed by atoms with Gasteiger partial charge in [-0.2, -0.15) is 18.2 Å². The Kier molecular flexibility index (Phi) is 8.57. The SMILES string of the molecule is O=C(CC(Cc1nc(CCCc2ccc3c(n2)NCCC3)no1)c1cccc(Br)c1)OC(=O)C(F)(F)F. The number of alkyl halides is 3. The second-order valence-corrected chi connectivity index (χ2v) is 9.63. The topological polar surface area (TPSA) is 107 Å². The molecule has 1 N–H and O–H groups in total. The van der Waals surface area contributed by atoms with Crippen molar-refractivity contribution in [1.29, 1.82) is 0 Å². The predicted molar refractivity (Wildman–Crippen MR) is 130 cm³/mol. The van der Waals surface area contributed by atoms with Gasteiger partial charge in [-0.05, 0) is 55.0 Å². The van der Waals surface area contributed by atoms with E-state index in [0.29, 0.717) is 22.3 Å². The van der Waals surface area contributed by atoms with Crippen LogP contribution in [0.5, 0.6) is 0 Å². The summed E-state index contributed by atoms with van der Waals surface area (Å²) < 4.78 is 47.5. The fourth-order valence-electron chi connectivity index (χ4n) is 4.09. The quantitative estimate of drug-likeness (QED) is 0.275. The fourth-order valence-corrected chi connectivity index (χ4v) is 4.51. The minimum atomic E-state index is -5.26. The molecule has 0 saturated carbocycles. The highest BCUT2D eigenvalue weighted by molar-refractivity contribution is 9.10. The smallest absolute Gasteiger partial charge is 0.386 e. The number of nitrogens with one attached hydrogen (secondary N) is 1. The lowest BCUT2D eigenvalue weighted by molar-refractivity contribution is -0.202. The minimum absolute atomic E-state index is 0.0802. The Morgan fingerprint density at radius 1 is 1.16 bits per heavy atom. The maximum atomic E-state index is 12.5. The van der Waals surface area contributed by atoms with Gasteiger partial charge in [-0.25, -0.2) is 9.78 Å². The number of ether oxygens (including phenoxy) is 1. The van der Waals surface area contributed by atoms with Crippen LogP contribution in [0.1, 0.15) is 53.7 Å². The summed E-state index contributed by atoms with van der Waals surface area (Å²) >= 11 is 3.34. The first-order valence-corrected chi connectivity index (χ1v) is 12.6. The lowest BCUT2D eigenvalue weighted by Crippen LogP contribution is -2.28. The van der Waals surface area contributed by atoms with Gasteiger partial charge in [-0.3, -0.25) is 4.79 Å². The lowest BCUT2D eigenvalue weighted by Gasteiger charge is -2.17. The maximum absolute atomic E-state index is 12.5. The number of aryl methyl sites for hydroxylation is 3. The van der Waals surface area contributed by atoms with Gasteiger partial charge < -0.3 is 14.6 Å². The number of esters is 2. The zero-order valence-corrected chi connectivity index (χ0v) is 21.3. The van der Waals surface area contributed by atoms with Crippen molar-refractivity contribution in [3.63, 3.8) is 0 Å². The summed E-state index contributed by atoms with van der Waals surface area (Å²) in [4.78, 5) is 32.2. The molecule has 2 aromatic heterocycles. The second-order valence-electron chi connectivity index (χ2n) is 8.72. The van der Waals surface area contributed by atoms with Crippen LogP contribution in [-0.2, 0) is 40.0 Å². The van der Waals surface area contributed by atoms with Crippen molar-refractivity contribution in [3.8, 4) is 0 Å². The third-order valence-electron chi connectivity index (χ3n) is 5.89. The van der Waals surface area contributed by atoms with Gasteiger partial charge in [0.2, 0.25) is 5.89 Å². The Balaban J connectivity index is 1.37. The number of pyridine rings is 1. The number of anilines is 1. The van der Waals surface area contributed by atoms with Crippen molar-refractivity contribution < 1.29 is 32.0 Å². The highest BCUT2D eigenvalue weighted by Crippen LogP contribution is 2.28. The largest absolute Gasteiger partial charge is 0.491 e. The second kappa shape index (κ2) is 11.8. The molecule has 0 amide bonds. The van der Waals surface area contributed by atoms with Crippen LogP contribution < -0.4 is 5.32 Å². The van der Waals surface area contributed by atoms with Gasteiger partial charge in [0.1, 0.15) is 5.82 Å². The summed E-state index contributed by atoms with van der Waals surface area (Å²) in [5, 5.41) is 7.31. The predicted octanol–water partition coefficient (Wildman–Crippen LogP) is 5.11. The summed E-state index contributed by atoms with van der Waals surface area (Å²) in [7, 11) is 0. The molecule has 0 spiro atoms. The van der Waals surface area contributed by atoms with Gasteiger partial charge in [-0.15, -0.1) is 0 Å². The van der Waals surface area contributed by atoms with Crippen LogP contribution in [0.4, 0.5) is 19.0 Å². The first kappa shape index (κ1) is 26.8. The lowest BCUT2D eigenvalue weighted by atomic mass is 9.92. The first-order valence-electron chi connectivity index (χ1n) is 11.8. The third kappa shape index (κ3) is 7.61. The van der Waals surface area contributed by atoms with Crippen LogP contribution in [0.2, 0.25) is 0 Å². The molecule has 0 radical (unpaired) electrons. The molecule has 4 rings (SSSR count). The molecule has 0 saturated heterocycles. The van der Waals surface area contributed by atoms with Crippen molar-refractivity contribution in [1.82, 2.24) is 15.1 Å². The number of fused-ring (bicyclic) bond motifs is 1. The number of benzene rings is 1. The molecular weight excluding hydrogens is 557 g/mol. The van der Waals surface area contributed by atoms with Crippen molar-refractivity contribution >= 4 is 33.7 Å². The highest BCUT2D eigenvalue weighted by atomic mass is 79.9. The van der Waals surface area contributed by atoms with E-state index >= 15 is 0 Å². The van der Waals surface area contributed by atoms with E-state index in [1.165, 1.54) is 5.56 Å². The number of carbonyl (C=O) groups is 2. The number of aromatic nitrogens is 3. The molecule has 0 aliphatic carbocycles. The normalized spacial score (nSPS) is 13.9. The fraction of sp³-hybridized carbons (Fsp3) is 0.400. The Morgan fingerprint density at radius 3 is 2.78 bits per heavy atom. The molecule has 196 valence electrons. The number of hydrogen-bond acceptors (Lipinski definition) is 8. The van der Waals surface area contributed by atoms with Crippen LogP contribution in [0, 0.1) is 0 Å². The van der Waals surface area contributed by atoms with Gasteiger partial charge in [0.05, 0.1) is 6.42 Å². The molecular formula is C25H24BrF3N4O4. The van der Waals surface area contributed by atoms with E-state index in [4.69, 9.17) is 4.52 Å². The molecule has 1 atom stereocenters. The van der Waals surface area contributed by atoms with E-state index in [1.807, 2.05) is 6.07 Å². The zero-order valence-electron chi connectivity index (χ0n) is 19.7. The van der Waals surface area contributed by atoms with E-state index in [2.05, 4.69) is 47.2 Å². The standard InChI is InChI=1S/C25H24BrF3N4O4/c26-18-6-1-4-16(12-18)17(14-22(34)36-24(35)25(27,28)29)13-21-32-20(33-37-21)8-2-7-19-10-9-15-5-3-11-30-23(15)31-19/h1,4,6,9-10,12,17H,2-3,5,7-8,11,13-14H2,(H,30,31). The van der Waals surface area contributed by atoms with Crippen molar-refractivity contribution in [2.75, 3.05) is 11.9 Å². The Hall–Kier alpha value is -3.28. The molecule has 1 aliphatic rings. The Morgan fingerprint density at radius 2 is 2.00 bits per heavy atom. The summed E-state index contributed by atoms with van der Waals surface area (Å²) in [6.07, 6.45) is -1.51. The van der Waals surface area contributed by atoms with Crippen molar-refractivity contribution in [2.24, 2.45) is 0 Å².